The predicted octanol–water partition coefficient (Wildman–Crippen LogP) is 4.61. The van der Waals surface area contributed by atoms with Crippen LogP contribution in [0.4, 0.5) is 0 Å². The Morgan fingerprint density at radius 2 is 1.64 bits per heavy atom. The Hall–Kier alpha value is -3.18. The van der Waals surface area contributed by atoms with Crippen LogP contribution in [0.5, 0.6) is 0 Å². The fourth-order valence-electron chi connectivity index (χ4n) is 2.28. The molecule has 0 unspecified atom stereocenters. The molecular formula is C20H13NO. The van der Waals surface area contributed by atoms with Crippen LogP contribution in [-0.4, -0.2) is 5.78 Å². The third-order valence-corrected chi connectivity index (χ3v) is 3.50. The molecule has 0 N–H and O–H groups in total. The van der Waals surface area contributed by atoms with Gasteiger partial charge in [0.05, 0.1) is 11.6 Å². The van der Waals surface area contributed by atoms with Crippen LogP contribution in [0, 0.1) is 11.3 Å². The van der Waals surface area contributed by atoms with Gasteiger partial charge < -0.3 is 0 Å². The van der Waals surface area contributed by atoms with Gasteiger partial charge in [-0.2, -0.15) is 5.26 Å². The number of allylic oxidation sites excluding steroid dienone is 1. The maximum Gasteiger partial charge on any atom is 0.185 e. The van der Waals surface area contributed by atoms with E-state index in [4.69, 9.17) is 5.26 Å². The lowest BCUT2D eigenvalue weighted by Crippen LogP contribution is -1.93. The Balaban J connectivity index is 1.82. The summed E-state index contributed by atoms with van der Waals surface area (Å²) in [6.07, 6.45) is 3.32. The zero-order valence-electron chi connectivity index (χ0n) is 11.9. The second-order valence-electron chi connectivity index (χ2n) is 4.99. The maximum absolute atomic E-state index is 12.2. The van der Waals surface area contributed by atoms with Crippen LogP contribution in [0.15, 0.2) is 72.8 Å². The summed E-state index contributed by atoms with van der Waals surface area (Å²) in [5.74, 6) is -0.0323. The molecule has 0 aromatic heterocycles. The van der Waals surface area contributed by atoms with Crippen LogP contribution in [0.25, 0.3) is 16.8 Å². The zero-order chi connectivity index (χ0) is 15.4. The molecule has 22 heavy (non-hydrogen) atoms. The Bertz CT molecular complexity index is 899. The molecule has 0 atom stereocenters. The first kappa shape index (κ1) is 13.8. The molecule has 0 aliphatic carbocycles. The van der Waals surface area contributed by atoms with Gasteiger partial charge in [-0.05, 0) is 40.6 Å². The van der Waals surface area contributed by atoms with Gasteiger partial charge in [-0.25, -0.2) is 0 Å². The summed E-state index contributed by atoms with van der Waals surface area (Å²) in [5, 5.41) is 10.9. The summed E-state index contributed by atoms with van der Waals surface area (Å²) < 4.78 is 0. The van der Waals surface area contributed by atoms with Gasteiger partial charge in [-0.15, -0.1) is 0 Å². The molecule has 0 amide bonds. The van der Waals surface area contributed by atoms with Crippen molar-refractivity contribution in [1.29, 1.82) is 5.26 Å². The van der Waals surface area contributed by atoms with E-state index in [9.17, 15) is 4.79 Å². The van der Waals surface area contributed by atoms with E-state index in [0.29, 0.717) is 11.1 Å². The number of carbonyl (C=O) groups excluding carboxylic acids is 1. The molecule has 2 nitrogen and oxygen atoms in total. The van der Waals surface area contributed by atoms with Crippen molar-refractivity contribution < 1.29 is 4.79 Å². The molecule has 0 heterocycles. The lowest BCUT2D eigenvalue weighted by Gasteiger charge is -2.00. The highest BCUT2D eigenvalue weighted by Gasteiger charge is 2.02. The van der Waals surface area contributed by atoms with Gasteiger partial charge in [0.15, 0.2) is 5.78 Å². The summed E-state index contributed by atoms with van der Waals surface area (Å²) >= 11 is 0. The Labute approximate surface area is 128 Å². The van der Waals surface area contributed by atoms with E-state index in [0.717, 1.165) is 16.3 Å². The lowest BCUT2D eigenvalue weighted by molar-refractivity contribution is 0.104. The number of nitrogens with zero attached hydrogens (tertiary/aromatic N) is 1. The molecule has 3 aromatic rings. The van der Waals surface area contributed by atoms with Gasteiger partial charge in [0.1, 0.15) is 0 Å². The molecule has 0 radical (unpaired) electrons. The standard InChI is InChI=1S/C20H13NO/c21-14-16-7-5-15(6-8-16)9-12-20(22)19-11-10-17-3-1-2-4-18(17)13-19/h1-13H. The molecule has 104 valence electrons. The second kappa shape index (κ2) is 6.07. The first-order chi connectivity index (χ1) is 10.8. The summed E-state index contributed by atoms with van der Waals surface area (Å²) in [6.45, 7) is 0. The first-order valence-electron chi connectivity index (χ1n) is 6.98. The summed E-state index contributed by atoms with van der Waals surface area (Å²) in [6, 6.07) is 22.9. The molecule has 0 saturated heterocycles. The van der Waals surface area contributed by atoms with E-state index in [-0.39, 0.29) is 5.78 Å². The topological polar surface area (TPSA) is 40.9 Å². The zero-order valence-corrected chi connectivity index (χ0v) is 11.9. The number of fused-ring (bicyclic) bond motifs is 1. The van der Waals surface area contributed by atoms with E-state index in [2.05, 4.69) is 6.07 Å². The van der Waals surface area contributed by atoms with Gasteiger partial charge >= 0.3 is 0 Å². The monoisotopic (exact) mass is 283 g/mol. The molecule has 0 bridgehead atoms. The van der Waals surface area contributed by atoms with Gasteiger partial charge in [0, 0.05) is 5.56 Å². The van der Waals surface area contributed by atoms with Crippen molar-refractivity contribution in [3.05, 3.63) is 89.5 Å². The maximum atomic E-state index is 12.2. The third-order valence-electron chi connectivity index (χ3n) is 3.50. The van der Waals surface area contributed by atoms with Gasteiger partial charge in [-0.1, -0.05) is 54.6 Å². The van der Waals surface area contributed by atoms with Crippen LogP contribution in [-0.2, 0) is 0 Å². The van der Waals surface area contributed by atoms with Crippen molar-refractivity contribution in [3.8, 4) is 6.07 Å². The highest BCUT2D eigenvalue weighted by molar-refractivity contribution is 6.08. The van der Waals surface area contributed by atoms with Crippen molar-refractivity contribution in [2.24, 2.45) is 0 Å². The van der Waals surface area contributed by atoms with Crippen molar-refractivity contribution >= 4 is 22.6 Å². The number of hydrogen-bond donors (Lipinski definition) is 0. The van der Waals surface area contributed by atoms with Gasteiger partial charge in [0.25, 0.3) is 0 Å². The van der Waals surface area contributed by atoms with Crippen LogP contribution in [0.1, 0.15) is 21.5 Å². The normalized spacial score (nSPS) is 10.7. The van der Waals surface area contributed by atoms with Gasteiger partial charge in [0.2, 0.25) is 0 Å². The minimum Gasteiger partial charge on any atom is -0.289 e. The molecule has 0 aliphatic heterocycles. The number of benzene rings is 3. The summed E-state index contributed by atoms with van der Waals surface area (Å²) in [5.41, 5.74) is 2.18. The molecule has 0 saturated carbocycles. The molecule has 0 aliphatic rings. The van der Waals surface area contributed by atoms with Crippen molar-refractivity contribution in [2.45, 2.75) is 0 Å². The molecule has 2 heteroatoms. The minimum absolute atomic E-state index is 0.0323. The number of nitriles is 1. The second-order valence-corrected chi connectivity index (χ2v) is 4.99. The smallest absolute Gasteiger partial charge is 0.185 e. The largest absolute Gasteiger partial charge is 0.289 e. The van der Waals surface area contributed by atoms with E-state index in [1.165, 1.54) is 0 Å². The van der Waals surface area contributed by atoms with Crippen molar-refractivity contribution in [1.82, 2.24) is 0 Å². The quantitative estimate of drug-likeness (QED) is 0.520. The predicted molar refractivity (Wildman–Crippen MR) is 88.5 cm³/mol. The van der Waals surface area contributed by atoms with E-state index in [1.54, 1.807) is 24.3 Å². The molecule has 0 fully saturated rings. The first-order valence-corrected chi connectivity index (χ1v) is 6.98. The Kier molecular flexibility index (Phi) is 3.80. The number of hydrogen-bond acceptors (Lipinski definition) is 2. The summed E-state index contributed by atoms with van der Waals surface area (Å²) in [4.78, 5) is 12.2. The van der Waals surface area contributed by atoms with E-state index in [1.807, 2.05) is 54.6 Å². The lowest BCUT2D eigenvalue weighted by atomic mass is 10.0. The fourth-order valence-corrected chi connectivity index (χ4v) is 2.28. The number of carbonyl (C=O) groups is 1. The van der Waals surface area contributed by atoms with E-state index < -0.39 is 0 Å². The SMILES string of the molecule is N#Cc1ccc(C=CC(=O)c2ccc3ccccc3c2)cc1. The molecule has 0 spiro atoms. The third kappa shape index (κ3) is 2.94. The van der Waals surface area contributed by atoms with Crippen molar-refractivity contribution in [3.63, 3.8) is 0 Å². The highest BCUT2D eigenvalue weighted by atomic mass is 16.1. The van der Waals surface area contributed by atoms with Gasteiger partial charge in [-0.3, -0.25) is 4.79 Å². The number of rotatable bonds is 3. The Morgan fingerprint density at radius 1 is 0.909 bits per heavy atom. The van der Waals surface area contributed by atoms with Crippen LogP contribution in [0.2, 0.25) is 0 Å². The van der Waals surface area contributed by atoms with Crippen molar-refractivity contribution in [2.75, 3.05) is 0 Å². The van der Waals surface area contributed by atoms with Crippen LogP contribution < -0.4 is 0 Å². The average molecular weight is 283 g/mol. The van der Waals surface area contributed by atoms with Crippen LogP contribution >= 0.6 is 0 Å². The summed E-state index contributed by atoms with van der Waals surface area (Å²) in [7, 11) is 0. The fraction of sp³-hybridized carbons (Fsp3) is 0. The number of ketones is 1. The Morgan fingerprint density at radius 3 is 2.36 bits per heavy atom. The highest BCUT2D eigenvalue weighted by Crippen LogP contribution is 2.16. The van der Waals surface area contributed by atoms with Crippen LogP contribution in [0.3, 0.4) is 0 Å². The van der Waals surface area contributed by atoms with E-state index >= 15 is 0 Å². The molecule has 3 aromatic carbocycles. The molecule has 3 rings (SSSR count). The minimum atomic E-state index is -0.0323. The molecular weight excluding hydrogens is 270 g/mol. The average Bonchev–Trinajstić information content (AvgIpc) is 2.59.